The molecule has 1 aromatic rings. The van der Waals surface area contributed by atoms with Gasteiger partial charge < -0.3 is 15.4 Å². The highest BCUT2D eigenvalue weighted by atomic mass is 32.2. The van der Waals surface area contributed by atoms with Crippen molar-refractivity contribution in [3.05, 3.63) is 18.3 Å². The Kier molecular flexibility index (Phi) is 5.02. The second kappa shape index (κ2) is 7.04. The van der Waals surface area contributed by atoms with Gasteiger partial charge >= 0.3 is 0 Å². The van der Waals surface area contributed by atoms with Crippen LogP contribution in [0.3, 0.4) is 0 Å². The van der Waals surface area contributed by atoms with Crippen molar-refractivity contribution in [1.29, 1.82) is 0 Å². The van der Waals surface area contributed by atoms with Gasteiger partial charge in [0, 0.05) is 25.8 Å². The van der Waals surface area contributed by atoms with Crippen LogP contribution in [-0.4, -0.2) is 62.5 Å². The zero-order valence-electron chi connectivity index (χ0n) is 13.4. The molecule has 132 valence electrons. The standard InChI is InChI=1S/C15H22N4O4S/c16-14(20)12-11-18(9-10-23-12)15-13(5-4-6-17-15)24(21,22)19-7-2-1-3-8-19/h4-6,12H,1-3,7-11H2,(H2,16,20)/t12-/m1/s1. The molecule has 0 unspecified atom stereocenters. The van der Waals surface area contributed by atoms with E-state index in [1.165, 1.54) is 4.31 Å². The molecule has 2 fully saturated rings. The number of ether oxygens (including phenoxy) is 1. The van der Waals surface area contributed by atoms with Crippen molar-refractivity contribution in [2.24, 2.45) is 5.73 Å². The van der Waals surface area contributed by atoms with Gasteiger partial charge in [-0.1, -0.05) is 6.42 Å². The minimum atomic E-state index is -3.61. The Hall–Kier alpha value is -1.71. The van der Waals surface area contributed by atoms with Gasteiger partial charge in [0.05, 0.1) is 13.2 Å². The van der Waals surface area contributed by atoms with E-state index in [1.807, 2.05) is 0 Å². The Labute approximate surface area is 141 Å². The molecule has 1 amide bonds. The van der Waals surface area contributed by atoms with Crippen LogP contribution in [0.1, 0.15) is 19.3 Å². The molecule has 2 saturated heterocycles. The van der Waals surface area contributed by atoms with E-state index < -0.39 is 22.0 Å². The van der Waals surface area contributed by atoms with Crippen molar-refractivity contribution in [3.8, 4) is 0 Å². The van der Waals surface area contributed by atoms with Gasteiger partial charge in [-0.15, -0.1) is 0 Å². The number of carbonyl (C=O) groups excluding carboxylic acids is 1. The molecule has 1 aromatic heterocycles. The number of pyridine rings is 1. The minimum Gasteiger partial charge on any atom is -0.367 e. The fraction of sp³-hybridized carbons (Fsp3) is 0.600. The maximum Gasteiger partial charge on any atom is 0.248 e. The van der Waals surface area contributed by atoms with Crippen LogP contribution in [0.5, 0.6) is 0 Å². The Morgan fingerprint density at radius 3 is 2.71 bits per heavy atom. The molecule has 0 aliphatic carbocycles. The normalized spacial score (nSPS) is 23.2. The van der Waals surface area contributed by atoms with Crippen molar-refractivity contribution in [1.82, 2.24) is 9.29 Å². The van der Waals surface area contributed by atoms with Gasteiger partial charge in [-0.2, -0.15) is 4.31 Å². The summed E-state index contributed by atoms with van der Waals surface area (Å²) in [6.45, 7) is 2.03. The number of sulfonamides is 1. The van der Waals surface area contributed by atoms with Gasteiger partial charge in [-0.05, 0) is 25.0 Å². The number of aromatic nitrogens is 1. The third-order valence-electron chi connectivity index (χ3n) is 4.37. The average molecular weight is 354 g/mol. The summed E-state index contributed by atoms with van der Waals surface area (Å²) in [7, 11) is -3.61. The molecular weight excluding hydrogens is 332 g/mol. The van der Waals surface area contributed by atoms with Crippen LogP contribution in [-0.2, 0) is 19.6 Å². The lowest BCUT2D eigenvalue weighted by atomic mass is 10.2. The lowest BCUT2D eigenvalue weighted by Gasteiger charge is -2.34. The van der Waals surface area contributed by atoms with Gasteiger partial charge in [0.25, 0.3) is 0 Å². The van der Waals surface area contributed by atoms with Gasteiger partial charge in [0.1, 0.15) is 10.7 Å². The van der Waals surface area contributed by atoms with Gasteiger partial charge in [-0.3, -0.25) is 4.79 Å². The molecule has 0 aromatic carbocycles. The van der Waals surface area contributed by atoms with E-state index in [9.17, 15) is 13.2 Å². The maximum absolute atomic E-state index is 13.0. The molecule has 1 atom stereocenters. The average Bonchev–Trinajstić information content (AvgIpc) is 2.62. The van der Waals surface area contributed by atoms with E-state index in [4.69, 9.17) is 10.5 Å². The highest BCUT2D eigenvalue weighted by molar-refractivity contribution is 7.89. The van der Waals surface area contributed by atoms with Gasteiger partial charge in [0.2, 0.25) is 15.9 Å². The summed E-state index contributed by atoms with van der Waals surface area (Å²) in [5.41, 5.74) is 5.31. The number of nitrogens with zero attached hydrogens (tertiary/aromatic N) is 3. The van der Waals surface area contributed by atoms with Crippen molar-refractivity contribution >= 4 is 21.7 Å². The van der Waals surface area contributed by atoms with Crippen LogP contribution in [0, 0.1) is 0 Å². The minimum absolute atomic E-state index is 0.178. The quantitative estimate of drug-likeness (QED) is 0.812. The van der Waals surface area contributed by atoms with E-state index in [0.717, 1.165) is 19.3 Å². The molecule has 8 nitrogen and oxygen atoms in total. The first-order valence-electron chi connectivity index (χ1n) is 8.11. The van der Waals surface area contributed by atoms with E-state index in [-0.39, 0.29) is 11.4 Å². The number of hydrogen-bond donors (Lipinski definition) is 1. The first kappa shape index (κ1) is 17.1. The SMILES string of the molecule is NC(=O)[C@H]1CN(c2ncccc2S(=O)(=O)N2CCCCC2)CCO1. The van der Waals surface area contributed by atoms with Gasteiger partial charge in [0.15, 0.2) is 6.10 Å². The third-order valence-corrected chi connectivity index (χ3v) is 6.29. The Balaban J connectivity index is 1.91. The van der Waals surface area contributed by atoms with Crippen molar-refractivity contribution in [3.63, 3.8) is 0 Å². The number of primary amides is 1. The van der Waals surface area contributed by atoms with Crippen molar-refractivity contribution in [2.45, 2.75) is 30.3 Å². The molecule has 3 rings (SSSR count). The third kappa shape index (κ3) is 3.38. The lowest BCUT2D eigenvalue weighted by Crippen LogP contribution is -2.49. The highest BCUT2D eigenvalue weighted by Gasteiger charge is 2.33. The molecule has 0 spiro atoms. The zero-order chi connectivity index (χ0) is 17.2. The Bertz CT molecular complexity index is 703. The second-order valence-corrected chi connectivity index (χ2v) is 7.90. The molecule has 3 heterocycles. The van der Waals surface area contributed by atoms with Crippen molar-refractivity contribution in [2.75, 3.05) is 37.7 Å². The summed E-state index contributed by atoms with van der Waals surface area (Å²) in [6.07, 6.45) is 3.59. The number of nitrogens with two attached hydrogens (primary N) is 1. The summed E-state index contributed by atoms with van der Waals surface area (Å²) in [5.74, 6) is -0.200. The molecule has 0 saturated carbocycles. The Morgan fingerprint density at radius 2 is 2.00 bits per heavy atom. The molecule has 2 N–H and O–H groups in total. The number of morpholine rings is 1. The van der Waals surface area contributed by atoms with Crippen LogP contribution in [0.4, 0.5) is 5.82 Å². The summed E-state index contributed by atoms with van der Waals surface area (Å²) >= 11 is 0. The number of hydrogen-bond acceptors (Lipinski definition) is 6. The summed E-state index contributed by atoms with van der Waals surface area (Å²) in [6, 6.07) is 3.19. The fourth-order valence-corrected chi connectivity index (χ4v) is 4.76. The number of rotatable bonds is 4. The second-order valence-electron chi connectivity index (χ2n) is 6.00. The predicted molar refractivity (Wildman–Crippen MR) is 88.0 cm³/mol. The first-order chi connectivity index (χ1) is 11.5. The highest BCUT2D eigenvalue weighted by Crippen LogP contribution is 2.28. The first-order valence-corrected chi connectivity index (χ1v) is 9.55. The van der Waals surface area contributed by atoms with Crippen molar-refractivity contribution < 1.29 is 17.9 Å². The molecular formula is C15H22N4O4S. The van der Waals surface area contributed by atoms with Crippen LogP contribution < -0.4 is 10.6 Å². The number of amides is 1. The van der Waals surface area contributed by atoms with Crippen LogP contribution >= 0.6 is 0 Å². The van der Waals surface area contributed by atoms with E-state index in [0.29, 0.717) is 32.1 Å². The Morgan fingerprint density at radius 1 is 1.25 bits per heavy atom. The zero-order valence-corrected chi connectivity index (χ0v) is 14.2. The van der Waals surface area contributed by atoms with Crippen LogP contribution in [0.25, 0.3) is 0 Å². The van der Waals surface area contributed by atoms with E-state index in [2.05, 4.69) is 4.98 Å². The smallest absolute Gasteiger partial charge is 0.248 e. The molecule has 2 aliphatic heterocycles. The van der Waals surface area contributed by atoms with Crippen LogP contribution in [0.15, 0.2) is 23.2 Å². The maximum atomic E-state index is 13.0. The molecule has 0 bridgehead atoms. The molecule has 0 radical (unpaired) electrons. The van der Waals surface area contributed by atoms with E-state index >= 15 is 0 Å². The number of anilines is 1. The lowest BCUT2D eigenvalue weighted by molar-refractivity contribution is -0.130. The summed E-state index contributed by atoms with van der Waals surface area (Å²) in [5, 5.41) is 0. The summed E-state index contributed by atoms with van der Waals surface area (Å²) in [4.78, 5) is 17.6. The topological polar surface area (TPSA) is 106 Å². The van der Waals surface area contributed by atoms with Gasteiger partial charge in [-0.25, -0.2) is 13.4 Å². The van der Waals surface area contributed by atoms with E-state index in [1.54, 1.807) is 23.2 Å². The fourth-order valence-electron chi connectivity index (χ4n) is 3.08. The molecule has 2 aliphatic rings. The summed E-state index contributed by atoms with van der Waals surface area (Å²) < 4.78 is 32.9. The number of piperidine rings is 1. The van der Waals surface area contributed by atoms with Crippen LogP contribution in [0.2, 0.25) is 0 Å². The monoisotopic (exact) mass is 354 g/mol. The molecule has 9 heteroatoms. The number of carbonyl (C=O) groups is 1. The largest absolute Gasteiger partial charge is 0.367 e. The predicted octanol–water partition coefficient (Wildman–Crippen LogP) is -0.0533. The molecule has 24 heavy (non-hydrogen) atoms.